The molecule has 1 aromatic carbocycles. The van der Waals surface area contributed by atoms with Gasteiger partial charge >= 0.3 is 11.9 Å². The lowest BCUT2D eigenvalue weighted by atomic mass is 9.97. The molecule has 0 aliphatic heterocycles. The molecule has 0 radical (unpaired) electrons. The minimum absolute atomic E-state index is 0.146. The quantitative estimate of drug-likeness (QED) is 0.612. The SMILES string of the molecule is CCOC(=O)C[C@H](C)[C@H](NC(=O)[C@@H](O)c1ccccc1)C(=O)O. The Morgan fingerprint density at radius 1 is 1.22 bits per heavy atom. The molecule has 0 unspecified atom stereocenters. The highest BCUT2D eigenvalue weighted by atomic mass is 16.5. The van der Waals surface area contributed by atoms with Crippen molar-refractivity contribution in [1.82, 2.24) is 5.32 Å². The second-order valence-electron chi connectivity index (χ2n) is 5.12. The number of carboxylic acid groups (broad SMARTS) is 1. The van der Waals surface area contributed by atoms with E-state index in [9.17, 15) is 24.6 Å². The molecule has 7 nitrogen and oxygen atoms in total. The second kappa shape index (κ2) is 8.89. The lowest BCUT2D eigenvalue weighted by molar-refractivity contribution is -0.148. The average Bonchev–Trinajstić information content (AvgIpc) is 2.52. The van der Waals surface area contributed by atoms with Crippen LogP contribution < -0.4 is 5.32 Å². The van der Waals surface area contributed by atoms with Gasteiger partial charge in [0, 0.05) is 0 Å². The first-order valence-electron chi connectivity index (χ1n) is 7.28. The Kier molecular flexibility index (Phi) is 7.21. The Hall–Kier alpha value is -2.41. The molecule has 0 bridgehead atoms. The van der Waals surface area contributed by atoms with Crippen molar-refractivity contribution in [2.45, 2.75) is 32.4 Å². The van der Waals surface area contributed by atoms with Crippen LogP contribution in [-0.4, -0.2) is 40.7 Å². The van der Waals surface area contributed by atoms with Crippen LogP contribution in [0.4, 0.5) is 0 Å². The summed E-state index contributed by atoms with van der Waals surface area (Å²) in [4.78, 5) is 34.8. The first kappa shape index (κ1) is 18.6. The number of benzene rings is 1. The normalized spacial score (nSPS) is 14.4. The van der Waals surface area contributed by atoms with Gasteiger partial charge < -0.3 is 20.3 Å². The molecule has 0 heterocycles. The molecule has 7 heteroatoms. The highest BCUT2D eigenvalue weighted by Crippen LogP contribution is 2.15. The van der Waals surface area contributed by atoms with Gasteiger partial charge in [0.1, 0.15) is 6.04 Å². The molecule has 3 atom stereocenters. The van der Waals surface area contributed by atoms with Gasteiger partial charge in [-0.15, -0.1) is 0 Å². The molecule has 3 N–H and O–H groups in total. The molecular weight excluding hydrogens is 302 g/mol. The van der Waals surface area contributed by atoms with Crippen LogP contribution in [0.5, 0.6) is 0 Å². The number of aliphatic hydroxyl groups is 1. The number of amides is 1. The second-order valence-corrected chi connectivity index (χ2v) is 5.12. The van der Waals surface area contributed by atoms with E-state index in [1.807, 2.05) is 0 Å². The van der Waals surface area contributed by atoms with E-state index in [1.165, 1.54) is 6.92 Å². The number of hydrogen-bond acceptors (Lipinski definition) is 5. The zero-order chi connectivity index (χ0) is 17.4. The van der Waals surface area contributed by atoms with E-state index in [2.05, 4.69) is 5.32 Å². The van der Waals surface area contributed by atoms with Gasteiger partial charge in [-0.3, -0.25) is 9.59 Å². The Labute approximate surface area is 134 Å². The van der Waals surface area contributed by atoms with Crippen molar-refractivity contribution in [3.8, 4) is 0 Å². The minimum atomic E-state index is -1.48. The van der Waals surface area contributed by atoms with E-state index >= 15 is 0 Å². The molecule has 23 heavy (non-hydrogen) atoms. The van der Waals surface area contributed by atoms with Crippen molar-refractivity contribution in [1.29, 1.82) is 0 Å². The Bertz CT molecular complexity index is 545. The van der Waals surface area contributed by atoms with Crippen molar-refractivity contribution in [3.05, 3.63) is 35.9 Å². The first-order chi connectivity index (χ1) is 10.9. The van der Waals surface area contributed by atoms with Gasteiger partial charge in [-0.05, 0) is 18.4 Å². The highest BCUT2D eigenvalue weighted by molar-refractivity contribution is 5.87. The topological polar surface area (TPSA) is 113 Å². The van der Waals surface area contributed by atoms with Crippen LogP contribution in [0.1, 0.15) is 31.9 Å². The Morgan fingerprint density at radius 3 is 2.35 bits per heavy atom. The first-order valence-corrected chi connectivity index (χ1v) is 7.28. The summed E-state index contributed by atoms with van der Waals surface area (Å²) >= 11 is 0. The predicted octanol–water partition coefficient (Wildman–Crippen LogP) is 0.879. The number of carbonyl (C=O) groups is 3. The third-order valence-corrected chi connectivity index (χ3v) is 3.29. The third-order valence-electron chi connectivity index (χ3n) is 3.29. The lowest BCUT2D eigenvalue weighted by Crippen LogP contribution is -2.47. The molecule has 0 fully saturated rings. The zero-order valence-electron chi connectivity index (χ0n) is 13.1. The number of aliphatic hydroxyl groups excluding tert-OH is 1. The number of carboxylic acids is 1. The average molecular weight is 323 g/mol. The summed E-state index contributed by atoms with van der Waals surface area (Å²) in [7, 11) is 0. The fraction of sp³-hybridized carbons (Fsp3) is 0.438. The fourth-order valence-corrected chi connectivity index (χ4v) is 2.07. The molecule has 0 aromatic heterocycles. The van der Waals surface area contributed by atoms with Crippen molar-refractivity contribution in [2.24, 2.45) is 5.92 Å². The molecule has 1 rings (SSSR count). The molecule has 1 aromatic rings. The standard InChI is InChI=1S/C16H21NO6/c1-3-23-12(18)9-10(2)13(16(21)22)17-15(20)14(19)11-7-5-4-6-8-11/h4-8,10,13-14,19H,3,9H2,1-2H3,(H,17,20)(H,21,22)/t10-,13-,14-/m0/s1. The zero-order valence-corrected chi connectivity index (χ0v) is 13.1. The van der Waals surface area contributed by atoms with E-state index in [0.29, 0.717) is 5.56 Å². The van der Waals surface area contributed by atoms with Gasteiger partial charge in [0.2, 0.25) is 0 Å². The molecule has 1 amide bonds. The molecule has 0 saturated heterocycles. The maximum atomic E-state index is 12.0. The maximum absolute atomic E-state index is 12.0. The summed E-state index contributed by atoms with van der Waals surface area (Å²) in [5.41, 5.74) is 0.354. The Balaban J connectivity index is 2.73. The van der Waals surface area contributed by atoms with E-state index in [4.69, 9.17) is 4.74 Å². The summed E-state index contributed by atoms with van der Waals surface area (Å²) in [6.07, 6.45) is -1.63. The van der Waals surface area contributed by atoms with E-state index in [-0.39, 0.29) is 13.0 Å². The molecule has 0 aliphatic carbocycles. The van der Waals surface area contributed by atoms with Gasteiger partial charge in [0.15, 0.2) is 6.10 Å². The summed E-state index contributed by atoms with van der Waals surface area (Å²) in [6.45, 7) is 3.36. The van der Waals surface area contributed by atoms with E-state index in [0.717, 1.165) is 0 Å². The number of hydrogen-bond donors (Lipinski definition) is 3. The van der Waals surface area contributed by atoms with Crippen LogP contribution in [0.3, 0.4) is 0 Å². The minimum Gasteiger partial charge on any atom is -0.480 e. The highest BCUT2D eigenvalue weighted by Gasteiger charge is 2.30. The smallest absolute Gasteiger partial charge is 0.326 e. The number of esters is 1. The van der Waals surface area contributed by atoms with Crippen molar-refractivity contribution >= 4 is 17.8 Å². The molecule has 0 aliphatic rings. The molecule has 0 saturated carbocycles. The monoisotopic (exact) mass is 323 g/mol. The van der Waals surface area contributed by atoms with Gasteiger partial charge in [-0.25, -0.2) is 4.79 Å². The van der Waals surface area contributed by atoms with Crippen molar-refractivity contribution in [2.75, 3.05) is 6.61 Å². The van der Waals surface area contributed by atoms with Crippen LogP contribution >= 0.6 is 0 Å². The summed E-state index contributed by atoms with van der Waals surface area (Å²) in [5.74, 6) is -3.34. The van der Waals surface area contributed by atoms with Crippen LogP contribution in [0, 0.1) is 5.92 Å². The van der Waals surface area contributed by atoms with Gasteiger partial charge in [0.25, 0.3) is 5.91 Å². The summed E-state index contributed by atoms with van der Waals surface area (Å²) in [5, 5.41) is 21.5. The summed E-state index contributed by atoms with van der Waals surface area (Å²) < 4.78 is 4.77. The lowest BCUT2D eigenvalue weighted by Gasteiger charge is -2.22. The van der Waals surface area contributed by atoms with Gasteiger partial charge in [-0.1, -0.05) is 37.3 Å². The number of aliphatic carboxylic acids is 1. The molecule has 126 valence electrons. The maximum Gasteiger partial charge on any atom is 0.326 e. The molecular formula is C16H21NO6. The van der Waals surface area contributed by atoms with Crippen LogP contribution in [0.15, 0.2) is 30.3 Å². The van der Waals surface area contributed by atoms with Crippen molar-refractivity contribution in [3.63, 3.8) is 0 Å². The van der Waals surface area contributed by atoms with Crippen LogP contribution in [-0.2, 0) is 19.1 Å². The van der Waals surface area contributed by atoms with Crippen molar-refractivity contribution < 1.29 is 29.3 Å². The van der Waals surface area contributed by atoms with E-state index in [1.54, 1.807) is 37.3 Å². The van der Waals surface area contributed by atoms with Crippen LogP contribution in [0.2, 0.25) is 0 Å². The number of rotatable bonds is 8. The molecule has 0 spiro atoms. The number of nitrogens with one attached hydrogen (secondary N) is 1. The van der Waals surface area contributed by atoms with Crippen LogP contribution in [0.25, 0.3) is 0 Å². The number of carbonyl (C=O) groups excluding carboxylic acids is 2. The van der Waals surface area contributed by atoms with E-state index < -0.39 is 35.9 Å². The third kappa shape index (κ3) is 5.71. The van der Waals surface area contributed by atoms with Gasteiger partial charge in [-0.2, -0.15) is 0 Å². The summed E-state index contributed by atoms with van der Waals surface area (Å²) in [6, 6.07) is 6.86. The predicted molar refractivity (Wildman–Crippen MR) is 81.4 cm³/mol. The largest absolute Gasteiger partial charge is 0.480 e. The van der Waals surface area contributed by atoms with Gasteiger partial charge in [0.05, 0.1) is 13.0 Å². The Morgan fingerprint density at radius 2 is 1.83 bits per heavy atom. The number of ether oxygens (including phenoxy) is 1. The fourth-order valence-electron chi connectivity index (χ4n) is 2.07.